The summed E-state index contributed by atoms with van der Waals surface area (Å²) in [6.07, 6.45) is 3.23. The monoisotopic (exact) mass is 221 g/mol. The van der Waals surface area contributed by atoms with Gasteiger partial charge in [0.1, 0.15) is 5.75 Å². The molecule has 2 rings (SSSR count). The van der Waals surface area contributed by atoms with Crippen LogP contribution >= 0.6 is 0 Å². The van der Waals surface area contributed by atoms with Crippen molar-refractivity contribution in [2.45, 2.75) is 19.3 Å². The molecule has 0 atom stereocenters. The lowest BCUT2D eigenvalue weighted by Gasteiger charge is -2.19. The molecule has 0 aliphatic carbocycles. The van der Waals surface area contributed by atoms with Gasteiger partial charge in [0.2, 0.25) is 0 Å². The van der Waals surface area contributed by atoms with E-state index >= 15 is 0 Å². The van der Waals surface area contributed by atoms with Crippen molar-refractivity contribution in [3.63, 3.8) is 0 Å². The molecule has 0 unspecified atom stereocenters. The highest BCUT2D eigenvalue weighted by Gasteiger charge is 2.13. The minimum Gasteiger partial charge on any atom is -0.497 e. The summed E-state index contributed by atoms with van der Waals surface area (Å²) in [4.78, 5) is 2.38. The van der Waals surface area contributed by atoms with Gasteiger partial charge >= 0.3 is 0 Å². The minimum absolute atomic E-state index is 0.187. The smallest absolute Gasteiger partial charge is 0.121 e. The van der Waals surface area contributed by atoms with Crippen LogP contribution in [0.2, 0.25) is 0 Å². The van der Waals surface area contributed by atoms with Gasteiger partial charge in [0.25, 0.3) is 0 Å². The molecule has 1 aromatic rings. The molecule has 1 heterocycles. The minimum atomic E-state index is 0.187. The lowest BCUT2D eigenvalue weighted by molar-refractivity contribution is 0.299. The van der Waals surface area contributed by atoms with Crippen LogP contribution in [0.3, 0.4) is 0 Å². The van der Waals surface area contributed by atoms with Crippen LogP contribution in [0.15, 0.2) is 18.2 Å². The van der Waals surface area contributed by atoms with Gasteiger partial charge in [0.05, 0.1) is 7.11 Å². The Balaban J connectivity index is 2.24. The molecule has 3 heteroatoms. The van der Waals surface area contributed by atoms with Gasteiger partial charge in [0.15, 0.2) is 0 Å². The zero-order valence-electron chi connectivity index (χ0n) is 9.78. The molecule has 1 fully saturated rings. The number of ether oxygens (including phenoxy) is 1. The van der Waals surface area contributed by atoms with E-state index in [9.17, 15) is 0 Å². The maximum absolute atomic E-state index is 8.99. The van der Waals surface area contributed by atoms with Crippen molar-refractivity contribution in [1.82, 2.24) is 0 Å². The number of aliphatic hydroxyl groups excluding tert-OH is 1. The molecule has 1 aromatic carbocycles. The van der Waals surface area contributed by atoms with Crippen LogP contribution in [-0.4, -0.2) is 31.9 Å². The Labute approximate surface area is 96.6 Å². The molecule has 0 bridgehead atoms. The zero-order valence-corrected chi connectivity index (χ0v) is 9.78. The Kier molecular flexibility index (Phi) is 3.67. The number of anilines is 1. The summed E-state index contributed by atoms with van der Waals surface area (Å²) in [5.74, 6) is 0.882. The number of benzene rings is 1. The third kappa shape index (κ3) is 2.47. The average molecular weight is 221 g/mol. The van der Waals surface area contributed by atoms with Crippen molar-refractivity contribution in [3.8, 4) is 5.75 Å². The van der Waals surface area contributed by atoms with Gasteiger partial charge in [-0.25, -0.2) is 0 Å². The Morgan fingerprint density at radius 3 is 2.62 bits per heavy atom. The first-order valence-corrected chi connectivity index (χ1v) is 5.87. The summed E-state index contributed by atoms with van der Waals surface area (Å²) in [6, 6.07) is 6.23. The molecular formula is C13H19NO2. The molecule has 3 nitrogen and oxygen atoms in total. The molecule has 0 spiro atoms. The van der Waals surface area contributed by atoms with Crippen molar-refractivity contribution < 1.29 is 9.84 Å². The number of methoxy groups -OCH3 is 1. The van der Waals surface area contributed by atoms with Gasteiger partial charge in [-0.2, -0.15) is 0 Å². The van der Waals surface area contributed by atoms with Crippen LogP contribution in [0.25, 0.3) is 0 Å². The molecule has 0 amide bonds. The van der Waals surface area contributed by atoms with E-state index in [0.717, 1.165) is 24.4 Å². The number of nitrogens with zero attached hydrogens (tertiary/aromatic N) is 1. The highest BCUT2D eigenvalue weighted by molar-refractivity contribution is 5.54. The summed E-state index contributed by atoms with van der Waals surface area (Å²) >= 11 is 0. The standard InChI is InChI=1S/C13H19NO2/c1-16-13-9-11(4-7-15)8-12(10-13)14-5-2-3-6-14/h8-10,15H,2-7H2,1H3. The van der Waals surface area contributed by atoms with Crippen molar-refractivity contribution >= 4 is 5.69 Å². The highest BCUT2D eigenvalue weighted by atomic mass is 16.5. The summed E-state index contributed by atoms with van der Waals surface area (Å²) in [7, 11) is 1.69. The second-order valence-electron chi connectivity index (χ2n) is 4.21. The zero-order chi connectivity index (χ0) is 11.4. The fraction of sp³-hybridized carbons (Fsp3) is 0.538. The van der Waals surface area contributed by atoms with Crippen LogP contribution in [-0.2, 0) is 6.42 Å². The van der Waals surface area contributed by atoms with E-state index in [-0.39, 0.29) is 6.61 Å². The SMILES string of the molecule is COc1cc(CCO)cc(N2CCCC2)c1. The third-order valence-corrected chi connectivity index (χ3v) is 3.06. The predicted molar refractivity (Wildman–Crippen MR) is 65.2 cm³/mol. The van der Waals surface area contributed by atoms with Crippen molar-refractivity contribution in [2.24, 2.45) is 0 Å². The molecule has 1 aliphatic heterocycles. The van der Waals surface area contributed by atoms with E-state index in [1.807, 2.05) is 6.07 Å². The second kappa shape index (κ2) is 5.21. The Hall–Kier alpha value is -1.22. The molecule has 0 aromatic heterocycles. The van der Waals surface area contributed by atoms with E-state index in [4.69, 9.17) is 9.84 Å². The van der Waals surface area contributed by atoms with Gasteiger partial charge in [-0.1, -0.05) is 0 Å². The number of hydrogen-bond donors (Lipinski definition) is 1. The third-order valence-electron chi connectivity index (χ3n) is 3.06. The fourth-order valence-electron chi connectivity index (χ4n) is 2.19. The van der Waals surface area contributed by atoms with E-state index < -0.39 is 0 Å². The Morgan fingerprint density at radius 1 is 1.25 bits per heavy atom. The summed E-state index contributed by atoms with van der Waals surface area (Å²) in [5, 5.41) is 8.99. The summed E-state index contributed by atoms with van der Waals surface area (Å²) in [5.41, 5.74) is 2.36. The largest absolute Gasteiger partial charge is 0.497 e. The van der Waals surface area contributed by atoms with E-state index in [0.29, 0.717) is 6.42 Å². The lowest BCUT2D eigenvalue weighted by atomic mass is 10.1. The highest BCUT2D eigenvalue weighted by Crippen LogP contribution is 2.26. The summed E-state index contributed by atoms with van der Waals surface area (Å²) < 4.78 is 5.29. The fourth-order valence-corrected chi connectivity index (χ4v) is 2.19. The first-order chi connectivity index (χ1) is 7.83. The maximum atomic E-state index is 8.99. The molecule has 1 saturated heterocycles. The Bertz CT molecular complexity index is 346. The molecule has 16 heavy (non-hydrogen) atoms. The van der Waals surface area contributed by atoms with Crippen molar-refractivity contribution in [1.29, 1.82) is 0 Å². The topological polar surface area (TPSA) is 32.7 Å². The van der Waals surface area contributed by atoms with Gasteiger partial charge in [-0.05, 0) is 37.0 Å². The van der Waals surface area contributed by atoms with Gasteiger partial charge in [-0.15, -0.1) is 0 Å². The number of hydrogen-bond acceptors (Lipinski definition) is 3. The van der Waals surface area contributed by atoms with E-state index in [1.165, 1.54) is 18.5 Å². The Morgan fingerprint density at radius 2 is 2.00 bits per heavy atom. The molecule has 0 saturated carbocycles. The average Bonchev–Trinajstić information content (AvgIpc) is 2.82. The van der Waals surface area contributed by atoms with Crippen molar-refractivity contribution in [2.75, 3.05) is 31.7 Å². The van der Waals surface area contributed by atoms with Crippen LogP contribution in [0.4, 0.5) is 5.69 Å². The second-order valence-corrected chi connectivity index (χ2v) is 4.21. The molecule has 0 radical (unpaired) electrons. The van der Waals surface area contributed by atoms with E-state index in [2.05, 4.69) is 17.0 Å². The van der Waals surface area contributed by atoms with Gasteiger partial charge < -0.3 is 14.7 Å². The van der Waals surface area contributed by atoms with Crippen LogP contribution < -0.4 is 9.64 Å². The molecule has 1 aliphatic rings. The quantitative estimate of drug-likeness (QED) is 0.842. The maximum Gasteiger partial charge on any atom is 0.121 e. The van der Waals surface area contributed by atoms with Gasteiger partial charge in [0, 0.05) is 31.5 Å². The normalized spacial score (nSPS) is 15.5. The lowest BCUT2D eigenvalue weighted by Crippen LogP contribution is -2.17. The molecular weight excluding hydrogens is 202 g/mol. The molecule has 1 N–H and O–H groups in total. The first kappa shape index (κ1) is 11.3. The molecule has 88 valence electrons. The van der Waals surface area contributed by atoms with Crippen LogP contribution in [0, 0.1) is 0 Å². The van der Waals surface area contributed by atoms with Crippen molar-refractivity contribution in [3.05, 3.63) is 23.8 Å². The van der Waals surface area contributed by atoms with E-state index in [1.54, 1.807) is 7.11 Å². The van der Waals surface area contributed by atoms with Gasteiger partial charge in [-0.3, -0.25) is 0 Å². The van der Waals surface area contributed by atoms with Crippen LogP contribution in [0.1, 0.15) is 18.4 Å². The first-order valence-electron chi connectivity index (χ1n) is 5.87. The number of aliphatic hydroxyl groups is 1. The predicted octanol–water partition coefficient (Wildman–Crippen LogP) is 1.83. The summed E-state index contributed by atoms with van der Waals surface area (Å²) in [6.45, 7) is 2.45. The van der Waals surface area contributed by atoms with Crippen LogP contribution in [0.5, 0.6) is 5.75 Å². The number of rotatable bonds is 4.